The second kappa shape index (κ2) is 6.10. The quantitative estimate of drug-likeness (QED) is 0.830. The number of rotatable bonds is 4. The molecular formula is C17H17ClO2. The largest absolute Gasteiger partial charge is 0.496 e. The minimum Gasteiger partial charge on any atom is -0.496 e. The molecule has 0 spiro atoms. The molecule has 0 aromatic heterocycles. The Bertz CT molecular complexity index is 630. The van der Waals surface area contributed by atoms with Gasteiger partial charge in [0.1, 0.15) is 11.5 Å². The molecule has 2 aromatic rings. The van der Waals surface area contributed by atoms with Crippen LogP contribution < -0.4 is 4.74 Å². The molecule has 2 aromatic carbocycles. The van der Waals surface area contributed by atoms with E-state index in [1.807, 2.05) is 43.3 Å². The summed E-state index contributed by atoms with van der Waals surface area (Å²) in [5, 5.41) is 0.693. The first-order valence-corrected chi connectivity index (χ1v) is 6.82. The first-order chi connectivity index (χ1) is 9.51. The van der Waals surface area contributed by atoms with E-state index in [2.05, 4.69) is 0 Å². The van der Waals surface area contributed by atoms with Crippen LogP contribution in [0.5, 0.6) is 5.75 Å². The van der Waals surface area contributed by atoms with Gasteiger partial charge in [-0.15, -0.1) is 0 Å². The second-order valence-electron chi connectivity index (χ2n) is 4.88. The number of carbonyl (C=O) groups is 1. The summed E-state index contributed by atoms with van der Waals surface area (Å²) in [4.78, 5) is 11.1. The Morgan fingerprint density at radius 2 is 1.85 bits per heavy atom. The zero-order valence-electron chi connectivity index (χ0n) is 11.9. The summed E-state index contributed by atoms with van der Waals surface area (Å²) in [5.74, 6) is 0.914. The first-order valence-electron chi connectivity index (χ1n) is 6.44. The molecule has 0 fully saturated rings. The van der Waals surface area contributed by atoms with Gasteiger partial charge in [0.25, 0.3) is 0 Å². The molecule has 0 radical (unpaired) electrons. The predicted molar refractivity (Wildman–Crippen MR) is 82.6 cm³/mol. The van der Waals surface area contributed by atoms with Crippen molar-refractivity contribution >= 4 is 17.4 Å². The lowest BCUT2D eigenvalue weighted by Gasteiger charge is -2.11. The van der Waals surface area contributed by atoms with E-state index in [9.17, 15) is 4.79 Å². The fourth-order valence-corrected chi connectivity index (χ4v) is 2.30. The number of hydrogen-bond acceptors (Lipinski definition) is 2. The van der Waals surface area contributed by atoms with Crippen molar-refractivity contribution in [2.45, 2.75) is 20.3 Å². The van der Waals surface area contributed by atoms with E-state index >= 15 is 0 Å². The Labute approximate surface area is 124 Å². The summed E-state index contributed by atoms with van der Waals surface area (Å²) in [6.45, 7) is 3.56. The molecule has 3 heteroatoms. The lowest BCUT2D eigenvalue weighted by atomic mass is 9.99. The molecule has 0 aliphatic carbocycles. The number of benzene rings is 2. The minimum absolute atomic E-state index is 0.165. The zero-order chi connectivity index (χ0) is 14.7. The lowest BCUT2D eigenvalue weighted by molar-refractivity contribution is -0.116. The molecule has 0 amide bonds. The first kappa shape index (κ1) is 14.6. The summed E-state index contributed by atoms with van der Waals surface area (Å²) >= 11 is 6.12. The van der Waals surface area contributed by atoms with Crippen molar-refractivity contribution in [2.75, 3.05) is 7.11 Å². The van der Waals surface area contributed by atoms with E-state index in [4.69, 9.17) is 16.3 Å². The molecule has 2 rings (SSSR count). The number of methoxy groups -OCH3 is 1. The molecule has 0 bridgehead atoms. The standard InChI is InChI=1S/C17H17ClO2/c1-11-8-15(17(20-3)10-16(11)18)14-6-4-13(5-7-14)9-12(2)19/h4-8,10H,9H2,1-3H3. The third-order valence-corrected chi connectivity index (χ3v) is 3.61. The molecule has 0 unspecified atom stereocenters. The summed E-state index contributed by atoms with van der Waals surface area (Å²) in [6.07, 6.45) is 0.469. The number of Topliss-reactive ketones (excluding diaryl/α,β-unsaturated/α-hetero) is 1. The van der Waals surface area contributed by atoms with Crippen molar-refractivity contribution in [3.63, 3.8) is 0 Å². The maximum Gasteiger partial charge on any atom is 0.134 e. The topological polar surface area (TPSA) is 26.3 Å². The van der Waals surface area contributed by atoms with Gasteiger partial charge in [-0.2, -0.15) is 0 Å². The third kappa shape index (κ3) is 3.20. The van der Waals surface area contributed by atoms with Gasteiger partial charge >= 0.3 is 0 Å². The van der Waals surface area contributed by atoms with E-state index < -0.39 is 0 Å². The molecular weight excluding hydrogens is 272 g/mol. The fourth-order valence-electron chi connectivity index (χ4n) is 2.15. The molecule has 0 saturated carbocycles. The Morgan fingerprint density at radius 3 is 2.40 bits per heavy atom. The van der Waals surface area contributed by atoms with Gasteiger partial charge in [0.2, 0.25) is 0 Å². The highest BCUT2D eigenvalue weighted by Gasteiger charge is 2.09. The second-order valence-corrected chi connectivity index (χ2v) is 5.28. The monoisotopic (exact) mass is 288 g/mol. The van der Waals surface area contributed by atoms with Crippen LogP contribution in [-0.2, 0) is 11.2 Å². The number of ether oxygens (including phenoxy) is 1. The summed E-state index contributed by atoms with van der Waals surface area (Å²) < 4.78 is 5.39. The van der Waals surface area contributed by atoms with E-state index in [0.29, 0.717) is 11.4 Å². The van der Waals surface area contributed by atoms with Crippen LogP contribution in [-0.4, -0.2) is 12.9 Å². The van der Waals surface area contributed by atoms with Crippen LogP contribution >= 0.6 is 11.6 Å². The van der Waals surface area contributed by atoms with Crippen molar-refractivity contribution in [3.8, 4) is 16.9 Å². The van der Waals surface area contributed by atoms with Crippen LogP contribution in [0.1, 0.15) is 18.1 Å². The average molecular weight is 289 g/mol. The number of aryl methyl sites for hydroxylation is 1. The molecule has 0 aliphatic heterocycles. The highest BCUT2D eigenvalue weighted by atomic mass is 35.5. The number of carbonyl (C=O) groups excluding carboxylic acids is 1. The number of halogens is 1. The molecule has 0 saturated heterocycles. The molecule has 2 nitrogen and oxygen atoms in total. The summed E-state index contributed by atoms with van der Waals surface area (Å²) in [6, 6.07) is 11.8. The van der Waals surface area contributed by atoms with Crippen molar-refractivity contribution in [1.29, 1.82) is 0 Å². The van der Waals surface area contributed by atoms with Crippen LogP contribution in [0.3, 0.4) is 0 Å². The molecule has 0 aliphatic rings. The summed E-state index contributed by atoms with van der Waals surface area (Å²) in [5.41, 5.74) is 4.08. The van der Waals surface area contributed by atoms with Gasteiger partial charge in [-0.1, -0.05) is 35.9 Å². The third-order valence-electron chi connectivity index (χ3n) is 3.20. The predicted octanol–water partition coefficient (Wildman–Crippen LogP) is 4.46. The van der Waals surface area contributed by atoms with Gasteiger partial charge in [0, 0.05) is 17.0 Å². The maximum atomic E-state index is 11.1. The van der Waals surface area contributed by atoms with Crippen molar-refractivity contribution in [2.24, 2.45) is 0 Å². The maximum absolute atomic E-state index is 11.1. The van der Waals surface area contributed by atoms with E-state index in [-0.39, 0.29) is 5.78 Å². The average Bonchev–Trinajstić information content (AvgIpc) is 2.41. The van der Waals surface area contributed by atoms with Crippen LogP contribution in [0.2, 0.25) is 5.02 Å². The van der Waals surface area contributed by atoms with Crippen molar-refractivity contribution in [3.05, 3.63) is 52.5 Å². The van der Waals surface area contributed by atoms with Crippen molar-refractivity contribution < 1.29 is 9.53 Å². The molecule has 0 atom stereocenters. The Hall–Kier alpha value is -1.80. The lowest BCUT2D eigenvalue weighted by Crippen LogP contribution is -1.96. The SMILES string of the molecule is COc1cc(Cl)c(C)cc1-c1ccc(CC(C)=O)cc1. The zero-order valence-corrected chi connectivity index (χ0v) is 12.6. The van der Waals surface area contributed by atoms with Gasteiger partial charge in [-0.25, -0.2) is 0 Å². The van der Waals surface area contributed by atoms with E-state index in [1.165, 1.54) is 0 Å². The van der Waals surface area contributed by atoms with Gasteiger partial charge in [0.15, 0.2) is 0 Å². The molecule has 20 heavy (non-hydrogen) atoms. The summed E-state index contributed by atoms with van der Waals surface area (Å²) in [7, 11) is 1.63. The van der Waals surface area contributed by atoms with Gasteiger partial charge in [0.05, 0.1) is 7.11 Å². The Kier molecular flexibility index (Phi) is 4.46. The highest BCUT2D eigenvalue weighted by Crippen LogP contribution is 2.34. The smallest absolute Gasteiger partial charge is 0.134 e. The Morgan fingerprint density at radius 1 is 1.20 bits per heavy atom. The fraction of sp³-hybridized carbons (Fsp3) is 0.235. The van der Waals surface area contributed by atoms with Crippen LogP contribution in [0.25, 0.3) is 11.1 Å². The molecule has 0 heterocycles. The van der Waals surface area contributed by atoms with Gasteiger partial charge in [-0.3, -0.25) is 4.79 Å². The normalized spacial score (nSPS) is 10.4. The van der Waals surface area contributed by atoms with Gasteiger partial charge in [-0.05, 0) is 42.7 Å². The van der Waals surface area contributed by atoms with Crippen molar-refractivity contribution in [1.82, 2.24) is 0 Å². The van der Waals surface area contributed by atoms with Gasteiger partial charge < -0.3 is 4.74 Å². The van der Waals surface area contributed by atoms with Crippen LogP contribution in [0.4, 0.5) is 0 Å². The number of hydrogen-bond donors (Lipinski definition) is 0. The molecule has 0 N–H and O–H groups in total. The van der Waals surface area contributed by atoms with E-state index in [1.54, 1.807) is 14.0 Å². The Balaban J connectivity index is 2.41. The highest BCUT2D eigenvalue weighted by molar-refractivity contribution is 6.31. The number of ketones is 1. The minimum atomic E-state index is 0.165. The van der Waals surface area contributed by atoms with Crippen LogP contribution in [0, 0.1) is 6.92 Å². The van der Waals surface area contributed by atoms with E-state index in [0.717, 1.165) is 28.0 Å². The molecule has 104 valence electrons. The van der Waals surface area contributed by atoms with Crippen LogP contribution in [0.15, 0.2) is 36.4 Å².